The number of carbonyl (C=O) groups is 1. The van der Waals surface area contributed by atoms with Gasteiger partial charge in [0.25, 0.3) is 0 Å². The van der Waals surface area contributed by atoms with Gasteiger partial charge in [-0.05, 0) is 55.0 Å². The van der Waals surface area contributed by atoms with Crippen LogP contribution in [0.15, 0.2) is 59.5 Å². The molecule has 3 rings (SSSR count). The highest BCUT2D eigenvalue weighted by atomic mass is 32.2. The van der Waals surface area contributed by atoms with Gasteiger partial charge in [-0.15, -0.1) is 0 Å². The normalized spacial score (nSPS) is 18.9. The van der Waals surface area contributed by atoms with Gasteiger partial charge in [0.15, 0.2) is 0 Å². The molecule has 30 heavy (non-hydrogen) atoms. The number of hydrogen-bond donors (Lipinski definition) is 1. The summed E-state index contributed by atoms with van der Waals surface area (Å²) in [6.07, 6.45) is 2.06. The van der Waals surface area contributed by atoms with Gasteiger partial charge in [0.2, 0.25) is 15.9 Å². The summed E-state index contributed by atoms with van der Waals surface area (Å²) in [5.41, 5.74) is 1.05. The van der Waals surface area contributed by atoms with Crippen LogP contribution in [0.4, 0.5) is 4.39 Å². The molecule has 162 valence electrons. The minimum atomic E-state index is -3.76. The summed E-state index contributed by atoms with van der Waals surface area (Å²) in [6, 6.07) is 14.5. The van der Waals surface area contributed by atoms with Gasteiger partial charge in [0, 0.05) is 13.1 Å². The highest BCUT2D eigenvalue weighted by Gasteiger charge is 2.34. The number of halogens is 1. The SMILES string of the molecule is CC(C)CC(NC(=O)C1CCCN(S(=O)(=O)c2ccc(F)cc2)C1)c1ccccc1. The third kappa shape index (κ3) is 5.46. The van der Waals surface area contributed by atoms with Crippen molar-refractivity contribution in [2.24, 2.45) is 11.8 Å². The molecule has 1 heterocycles. The number of hydrogen-bond acceptors (Lipinski definition) is 3. The number of nitrogens with one attached hydrogen (secondary N) is 1. The Hall–Kier alpha value is -2.25. The van der Waals surface area contributed by atoms with E-state index >= 15 is 0 Å². The number of benzene rings is 2. The molecule has 0 spiro atoms. The Morgan fingerprint density at radius 1 is 1.13 bits per heavy atom. The highest BCUT2D eigenvalue weighted by Crippen LogP contribution is 2.26. The number of sulfonamides is 1. The standard InChI is InChI=1S/C23H29FN2O3S/c1-17(2)15-22(18-7-4-3-5-8-18)25-23(27)19-9-6-14-26(16-19)30(28,29)21-12-10-20(24)11-13-21/h3-5,7-8,10-13,17,19,22H,6,9,14-16H2,1-2H3,(H,25,27). The van der Waals surface area contributed by atoms with Gasteiger partial charge in [0.1, 0.15) is 5.82 Å². The van der Waals surface area contributed by atoms with Crippen LogP contribution in [-0.4, -0.2) is 31.7 Å². The van der Waals surface area contributed by atoms with Crippen LogP contribution >= 0.6 is 0 Å². The second-order valence-electron chi connectivity index (χ2n) is 8.26. The zero-order chi connectivity index (χ0) is 21.7. The molecule has 1 fully saturated rings. The van der Waals surface area contributed by atoms with Gasteiger partial charge in [-0.2, -0.15) is 4.31 Å². The van der Waals surface area contributed by atoms with E-state index in [0.29, 0.717) is 25.3 Å². The lowest BCUT2D eigenvalue weighted by Gasteiger charge is -2.32. The van der Waals surface area contributed by atoms with Gasteiger partial charge in [0.05, 0.1) is 16.9 Å². The molecule has 0 bridgehead atoms. The maximum Gasteiger partial charge on any atom is 0.243 e. The molecule has 1 N–H and O–H groups in total. The number of rotatable bonds is 7. The molecule has 7 heteroatoms. The summed E-state index contributed by atoms with van der Waals surface area (Å²) in [6.45, 7) is 4.71. The minimum Gasteiger partial charge on any atom is -0.349 e. The molecular formula is C23H29FN2O3S. The molecule has 2 unspecified atom stereocenters. The molecule has 1 aliphatic rings. The first-order valence-corrected chi connectivity index (χ1v) is 11.8. The molecule has 0 saturated carbocycles. The molecule has 1 aliphatic heterocycles. The summed E-state index contributed by atoms with van der Waals surface area (Å²) in [5.74, 6) is -0.616. The van der Waals surface area contributed by atoms with E-state index in [1.54, 1.807) is 0 Å². The van der Waals surface area contributed by atoms with Crippen molar-refractivity contribution in [3.05, 3.63) is 66.0 Å². The summed E-state index contributed by atoms with van der Waals surface area (Å²) in [4.78, 5) is 13.1. The number of piperidine rings is 1. The van der Waals surface area contributed by atoms with Crippen molar-refractivity contribution in [1.29, 1.82) is 0 Å². The summed E-state index contributed by atoms with van der Waals surface area (Å²) >= 11 is 0. The molecule has 2 atom stereocenters. The Morgan fingerprint density at radius 2 is 1.80 bits per heavy atom. The van der Waals surface area contributed by atoms with Crippen molar-refractivity contribution in [2.45, 2.75) is 44.0 Å². The van der Waals surface area contributed by atoms with Gasteiger partial charge < -0.3 is 5.32 Å². The van der Waals surface area contributed by atoms with Crippen LogP contribution in [-0.2, 0) is 14.8 Å². The van der Waals surface area contributed by atoms with Gasteiger partial charge >= 0.3 is 0 Å². The molecule has 0 aliphatic carbocycles. The number of amides is 1. The second kappa shape index (κ2) is 9.71. The first-order chi connectivity index (χ1) is 14.3. The van der Waals surface area contributed by atoms with E-state index in [1.165, 1.54) is 16.4 Å². The molecule has 0 radical (unpaired) electrons. The summed E-state index contributed by atoms with van der Waals surface area (Å²) in [5, 5.41) is 3.14. The van der Waals surface area contributed by atoms with Crippen LogP contribution in [0.1, 0.15) is 44.7 Å². The first kappa shape index (κ1) is 22.4. The van der Waals surface area contributed by atoms with Gasteiger partial charge in [-0.3, -0.25) is 4.79 Å². The number of nitrogens with zero attached hydrogens (tertiary/aromatic N) is 1. The fourth-order valence-electron chi connectivity index (χ4n) is 3.86. The van der Waals surface area contributed by atoms with E-state index < -0.39 is 21.8 Å². The molecule has 5 nitrogen and oxygen atoms in total. The minimum absolute atomic E-state index is 0.0481. The van der Waals surface area contributed by atoms with E-state index in [1.807, 2.05) is 30.3 Å². The Balaban J connectivity index is 1.72. The van der Waals surface area contributed by atoms with Gasteiger partial charge in [-0.1, -0.05) is 44.2 Å². The predicted octanol–water partition coefficient (Wildman–Crippen LogP) is 4.13. The summed E-state index contributed by atoms with van der Waals surface area (Å²) in [7, 11) is -3.76. The van der Waals surface area contributed by atoms with Crippen LogP contribution in [0.25, 0.3) is 0 Å². The largest absolute Gasteiger partial charge is 0.349 e. The monoisotopic (exact) mass is 432 g/mol. The maximum atomic E-state index is 13.2. The Morgan fingerprint density at radius 3 is 2.43 bits per heavy atom. The van der Waals surface area contributed by atoms with Crippen molar-refractivity contribution in [2.75, 3.05) is 13.1 Å². The Labute approximate surface area is 178 Å². The lowest BCUT2D eigenvalue weighted by molar-refractivity contribution is -0.127. The predicted molar refractivity (Wildman–Crippen MR) is 115 cm³/mol. The van der Waals surface area contributed by atoms with E-state index in [-0.39, 0.29) is 23.4 Å². The fourth-order valence-corrected chi connectivity index (χ4v) is 5.38. The Kier molecular flexibility index (Phi) is 7.26. The second-order valence-corrected chi connectivity index (χ2v) is 10.2. The van der Waals surface area contributed by atoms with Crippen molar-refractivity contribution in [3.63, 3.8) is 0 Å². The molecule has 1 saturated heterocycles. The highest BCUT2D eigenvalue weighted by molar-refractivity contribution is 7.89. The smallest absolute Gasteiger partial charge is 0.243 e. The maximum absolute atomic E-state index is 13.2. The van der Waals surface area contributed by atoms with Crippen LogP contribution in [0, 0.1) is 17.7 Å². The molecule has 2 aromatic carbocycles. The fraction of sp³-hybridized carbons (Fsp3) is 0.435. The van der Waals surface area contributed by atoms with E-state index in [4.69, 9.17) is 0 Å². The third-order valence-electron chi connectivity index (χ3n) is 5.43. The van der Waals surface area contributed by atoms with Crippen LogP contribution in [0.2, 0.25) is 0 Å². The van der Waals surface area contributed by atoms with E-state index in [2.05, 4.69) is 19.2 Å². The van der Waals surface area contributed by atoms with Crippen LogP contribution < -0.4 is 5.32 Å². The lowest BCUT2D eigenvalue weighted by atomic mass is 9.94. The first-order valence-electron chi connectivity index (χ1n) is 10.4. The average Bonchev–Trinajstić information content (AvgIpc) is 2.74. The van der Waals surface area contributed by atoms with Crippen molar-refractivity contribution >= 4 is 15.9 Å². The van der Waals surface area contributed by atoms with Crippen LogP contribution in [0.3, 0.4) is 0 Å². The number of carbonyl (C=O) groups excluding carboxylic acids is 1. The quantitative estimate of drug-likeness (QED) is 0.715. The average molecular weight is 433 g/mol. The Bertz CT molecular complexity index is 946. The van der Waals surface area contributed by atoms with Crippen molar-refractivity contribution in [3.8, 4) is 0 Å². The van der Waals surface area contributed by atoms with E-state index in [9.17, 15) is 17.6 Å². The topological polar surface area (TPSA) is 66.5 Å². The van der Waals surface area contributed by atoms with Crippen molar-refractivity contribution in [1.82, 2.24) is 9.62 Å². The third-order valence-corrected chi connectivity index (χ3v) is 7.31. The molecular weight excluding hydrogens is 403 g/mol. The zero-order valence-corrected chi connectivity index (χ0v) is 18.2. The molecule has 2 aromatic rings. The zero-order valence-electron chi connectivity index (χ0n) is 17.4. The van der Waals surface area contributed by atoms with Crippen molar-refractivity contribution < 1.29 is 17.6 Å². The lowest BCUT2D eigenvalue weighted by Crippen LogP contribution is -2.46. The molecule has 0 aromatic heterocycles. The van der Waals surface area contributed by atoms with Gasteiger partial charge in [-0.25, -0.2) is 12.8 Å². The van der Waals surface area contributed by atoms with E-state index in [0.717, 1.165) is 24.1 Å². The molecule has 1 amide bonds. The summed E-state index contributed by atoms with van der Waals surface area (Å²) < 4.78 is 40.4. The van der Waals surface area contributed by atoms with Crippen LogP contribution in [0.5, 0.6) is 0 Å².